The highest BCUT2D eigenvalue weighted by atomic mass is 19.1. The van der Waals surface area contributed by atoms with E-state index in [0.717, 1.165) is 35.3 Å². The summed E-state index contributed by atoms with van der Waals surface area (Å²) in [6.07, 6.45) is 1.09. The highest BCUT2D eigenvalue weighted by molar-refractivity contribution is 5.82. The summed E-state index contributed by atoms with van der Waals surface area (Å²) in [6, 6.07) is 4.72. The van der Waals surface area contributed by atoms with Crippen LogP contribution >= 0.6 is 0 Å². The van der Waals surface area contributed by atoms with Gasteiger partial charge < -0.3 is 9.73 Å². The first-order valence-electron chi connectivity index (χ1n) is 6.55. The van der Waals surface area contributed by atoms with Gasteiger partial charge >= 0.3 is 0 Å². The molecule has 1 N–H and O–H groups in total. The molecule has 0 aliphatic carbocycles. The van der Waals surface area contributed by atoms with E-state index >= 15 is 0 Å². The van der Waals surface area contributed by atoms with E-state index in [1.807, 2.05) is 0 Å². The van der Waals surface area contributed by atoms with E-state index in [0.29, 0.717) is 12.5 Å². The van der Waals surface area contributed by atoms with Crippen LogP contribution in [0.3, 0.4) is 0 Å². The summed E-state index contributed by atoms with van der Waals surface area (Å²) in [5.74, 6) is 1.05. The molecule has 0 atom stereocenters. The van der Waals surface area contributed by atoms with Crippen LogP contribution in [0.15, 0.2) is 22.6 Å². The molecule has 1 heterocycles. The smallest absolute Gasteiger partial charge is 0.134 e. The van der Waals surface area contributed by atoms with Gasteiger partial charge in [0, 0.05) is 10.9 Å². The largest absolute Gasteiger partial charge is 0.459 e. The predicted octanol–water partition coefficient (Wildman–Crippen LogP) is 4.19. The highest BCUT2D eigenvalue weighted by Crippen LogP contribution is 2.32. The van der Waals surface area contributed by atoms with Crippen molar-refractivity contribution in [2.75, 3.05) is 6.54 Å². The number of nitrogens with one attached hydrogen (secondary N) is 1. The van der Waals surface area contributed by atoms with E-state index in [4.69, 9.17) is 4.42 Å². The van der Waals surface area contributed by atoms with Crippen LogP contribution in [0.1, 0.15) is 44.4 Å². The van der Waals surface area contributed by atoms with Crippen LogP contribution in [-0.4, -0.2) is 6.54 Å². The summed E-state index contributed by atoms with van der Waals surface area (Å²) in [6.45, 7) is 8.02. The lowest BCUT2D eigenvalue weighted by molar-refractivity contribution is 0.504. The minimum atomic E-state index is -0.210. The Kier molecular flexibility index (Phi) is 4.02. The number of benzene rings is 1. The Morgan fingerprint density at radius 3 is 2.78 bits per heavy atom. The first-order chi connectivity index (χ1) is 8.63. The third kappa shape index (κ3) is 2.56. The molecule has 2 nitrogen and oxygen atoms in total. The normalized spacial score (nSPS) is 11.6. The molecular formula is C15H20FNO. The molecule has 0 saturated heterocycles. The third-order valence-corrected chi connectivity index (χ3v) is 3.06. The van der Waals surface area contributed by atoms with Gasteiger partial charge in [0.15, 0.2) is 0 Å². The molecule has 1 aromatic carbocycles. The van der Waals surface area contributed by atoms with Crippen LogP contribution in [-0.2, 0) is 6.54 Å². The summed E-state index contributed by atoms with van der Waals surface area (Å²) in [5.41, 5.74) is 1.89. The molecule has 0 spiro atoms. The SMILES string of the molecule is CCCNCc1oc2ccc(F)cc2c1C(C)C. The fraction of sp³-hybridized carbons (Fsp3) is 0.467. The van der Waals surface area contributed by atoms with Crippen LogP contribution in [0.5, 0.6) is 0 Å². The maximum absolute atomic E-state index is 13.3. The van der Waals surface area contributed by atoms with Gasteiger partial charge in [-0.2, -0.15) is 0 Å². The highest BCUT2D eigenvalue weighted by Gasteiger charge is 2.17. The summed E-state index contributed by atoms with van der Waals surface area (Å²) in [7, 11) is 0. The number of hydrogen-bond donors (Lipinski definition) is 1. The Morgan fingerprint density at radius 1 is 1.33 bits per heavy atom. The van der Waals surface area contributed by atoms with Crippen molar-refractivity contribution in [1.29, 1.82) is 0 Å². The molecular weight excluding hydrogens is 229 g/mol. The zero-order valence-corrected chi connectivity index (χ0v) is 11.2. The van der Waals surface area contributed by atoms with Crippen LogP contribution < -0.4 is 5.32 Å². The Morgan fingerprint density at radius 2 is 2.11 bits per heavy atom. The van der Waals surface area contributed by atoms with Crippen molar-refractivity contribution in [1.82, 2.24) is 5.32 Å². The Balaban J connectivity index is 2.41. The first kappa shape index (κ1) is 13.1. The quantitative estimate of drug-likeness (QED) is 0.803. The lowest BCUT2D eigenvalue weighted by Crippen LogP contribution is -2.14. The second-order valence-corrected chi connectivity index (χ2v) is 4.91. The second-order valence-electron chi connectivity index (χ2n) is 4.91. The summed E-state index contributed by atoms with van der Waals surface area (Å²) in [5, 5.41) is 4.24. The monoisotopic (exact) mass is 249 g/mol. The van der Waals surface area contributed by atoms with Gasteiger partial charge in [0.25, 0.3) is 0 Å². The molecule has 0 saturated carbocycles. The fourth-order valence-corrected chi connectivity index (χ4v) is 2.28. The molecule has 1 aromatic heterocycles. The number of rotatable bonds is 5. The second kappa shape index (κ2) is 5.53. The molecule has 2 aromatic rings. The van der Waals surface area contributed by atoms with E-state index in [1.165, 1.54) is 6.07 Å². The van der Waals surface area contributed by atoms with Gasteiger partial charge in [0.2, 0.25) is 0 Å². The number of halogens is 1. The minimum Gasteiger partial charge on any atom is -0.459 e. The van der Waals surface area contributed by atoms with Crippen LogP contribution in [0.25, 0.3) is 11.0 Å². The van der Waals surface area contributed by atoms with Gasteiger partial charge in [-0.1, -0.05) is 20.8 Å². The molecule has 0 fully saturated rings. The zero-order chi connectivity index (χ0) is 13.1. The van der Waals surface area contributed by atoms with Crippen molar-refractivity contribution >= 4 is 11.0 Å². The molecule has 0 aliphatic rings. The van der Waals surface area contributed by atoms with Crippen molar-refractivity contribution in [3.8, 4) is 0 Å². The molecule has 2 rings (SSSR count). The third-order valence-electron chi connectivity index (χ3n) is 3.06. The number of fused-ring (bicyclic) bond motifs is 1. The molecule has 98 valence electrons. The van der Waals surface area contributed by atoms with Crippen molar-refractivity contribution in [3.05, 3.63) is 35.3 Å². The molecule has 0 bridgehead atoms. The van der Waals surface area contributed by atoms with Gasteiger partial charge in [-0.3, -0.25) is 0 Å². The van der Waals surface area contributed by atoms with E-state index in [1.54, 1.807) is 12.1 Å². The number of furan rings is 1. The standard InChI is InChI=1S/C15H20FNO/c1-4-7-17-9-14-15(10(2)3)12-8-11(16)5-6-13(12)18-14/h5-6,8,10,17H,4,7,9H2,1-3H3. The minimum absolute atomic E-state index is 0.210. The molecule has 0 unspecified atom stereocenters. The summed E-state index contributed by atoms with van der Waals surface area (Å²) < 4.78 is 19.2. The van der Waals surface area contributed by atoms with Crippen molar-refractivity contribution in [2.24, 2.45) is 0 Å². The summed E-state index contributed by atoms with van der Waals surface area (Å²) in [4.78, 5) is 0. The van der Waals surface area contributed by atoms with Gasteiger partial charge in [-0.15, -0.1) is 0 Å². The Bertz CT molecular complexity index is 531. The maximum Gasteiger partial charge on any atom is 0.134 e. The molecule has 3 heteroatoms. The maximum atomic E-state index is 13.3. The summed E-state index contributed by atoms with van der Waals surface area (Å²) >= 11 is 0. The zero-order valence-electron chi connectivity index (χ0n) is 11.2. The van der Waals surface area contributed by atoms with Crippen molar-refractivity contribution < 1.29 is 8.81 Å². The van der Waals surface area contributed by atoms with E-state index in [2.05, 4.69) is 26.1 Å². The van der Waals surface area contributed by atoms with Gasteiger partial charge in [0.1, 0.15) is 17.2 Å². The van der Waals surface area contributed by atoms with Crippen LogP contribution in [0.4, 0.5) is 4.39 Å². The number of hydrogen-bond acceptors (Lipinski definition) is 2. The van der Waals surface area contributed by atoms with Crippen LogP contribution in [0, 0.1) is 5.82 Å². The van der Waals surface area contributed by atoms with Gasteiger partial charge in [-0.05, 0) is 37.1 Å². The van der Waals surface area contributed by atoms with E-state index < -0.39 is 0 Å². The van der Waals surface area contributed by atoms with E-state index in [9.17, 15) is 4.39 Å². The molecule has 0 radical (unpaired) electrons. The van der Waals surface area contributed by atoms with Gasteiger partial charge in [-0.25, -0.2) is 4.39 Å². The van der Waals surface area contributed by atoms with Gasteiger partial charge in [0.05, 0.1) is 6.54 Å². The van der Waals surface area contributed by atoms with E-state index in [-0.39, 0.29) is 5.82 Å². The molecule has 18 heavy (non-hydrogen) atoms. The molecule has 0 amide bonds. The average molecular weight is 249 g/mol. The lowest BCUT2D eigenvalue weighted by Gasteiger charge is -2.07. The van der Waals surface area contributed by atoms with Crippen molar-refractivity contribution in [2.45, 2.75) is 39.7 Å². The van der Waals surface area contributed by atoms with Crippen molar-refractivity contribution in [3.63, 3.8) is 0 Å². The Labute approximate surface area is 107 Å². The fourth-order valence-electron chi connectivity index (χ4n) is 2.28. The van der Waals surface area contributed by atoms with Crippen LogP contribution in [0.2, 0.25) is 0 Å². The topological polar surface area (TPSA) is 25.2 Å². The Hall–Kier alpha value is -1.35. The predicted molar refractivity (Wildman–Crippen MR) is 72.3 cm³/mol. The lowest BCUT2D eigenvalue weighted by atomic mass is 9.99. The first-order valence-corrected chi connectivity index (χ1v) is 6.55. The average Bonchev–Trinajstić information content (AvgIpc) is 2.67. The molecule has 0 aliphatic heterocycles.